The predicted octanol–water partition coefficient (Wildman–Crippen LogP) is 1.49. The quantitative estimate of drug-likeness (QED) is 0.804. The predicted molar refractivity (Wildman–Crippen MR) is 103 cm³/mol. The van der Waals surface area contributed by atoms with Gasteiger partial charge in [0.25, 0.3) is 0 Å². The molecule has 1 spiro atoms. The van der Waals surface area contributed by atoms with Crippen molar-refractivity contribution in [2.75, 3.05) is 31.9 Å². The van der Waals surface area contributed by atoms with Gasteiger partial charge in [-0.1, -0.05) is 13.8 Å². The number of rotatable bonds is 3. The van der Waals surface area contributed by atoms with E-state index in [0.717, 1.165) is 25.9 Å². The largest absolute Gasteiger partial charge is 0.342 e. The van der Waals surface area contributed by atoms with Gasteiger partial charge in [0.05, 0.1) is 4.75 Å². The molecule has 1 N–H and O–H groups in total. The van der Waals surface area contributed by atoms with Crippen LogP contribution in [0.3, 0.4) is 0 Å². The van der Waals surface area contributed by atoms with Gasteiger partial charge in [0.15, 0.2) is 0 Å². The SMILES string of the molecule is CC(C)CN1CC2(CCN(C(=O)C3CSC(C)(C)C(=O)N3)CC2)CC1=O. The Labute approximate surface area is 160 Å². The van der Waals surface area contributed by atoms with Gasteiger partial charge < -0.3 is 15.1 Å². The average molecular weight is 382 g/mol. The summed E-state index contributed by atoms with van der Waals surface area (Å²) in [7, 11) is 0. The van der Waals surface area contributed by atoms with E-state index < -0.39 is 10.8 Å². The van der Waals surface area contributed by atoms with E-state index >= 15 is 0 Å². The molecule has 26 heavy (non-hydrogen) atoms. The molecule has 3 saturated heterocycles. The minimum Gasteiger partial charge on any atom is -0.342 e. The summed E-state index contributed by atoms with van der Waals surface area (Å²) in [5.74, 6) is 1.33. The van der Waals surface area contributed by atoms with Crippen molar-refractivity contribution in [1.82, 2.24) is 15.1 Å². The fourth-order valence-corrected chi connectivity index (χ4v) is 5.21. The fourth-order valence-electron chi connectivity index (χ4n) is 4.21. The van der Waals surface area contributed by atoms with E-state index in [1.54, 1.807) is 11.8 Å². The Kier molecular flexibility index (Phi) is 5.30. The molecule has 3 aliphatic rings. The van der Waals surface area contributed by atoms with Crippen LogP contribution in [0.5, 0.6) is 0 Å². The molecular formula is C19H31N3O3S. The Bertz CT molecular complexity index is 597. The maximum absolute atomic E-state index is 12.8. The summed E-state index contributed by atoms with van der Waals surface area (Å²) in [5, 5.41) is 2.89. The highest BCUT2D eigenvalue weighted by Crippen LogP contribution is 2.41. The van der Waals surface area contributed by atoms with Crippen molar-refractivity contribution < 1.29 is 14.4 Å². The van der Waals surface area contributed by atoms with E-state index in [4.69, 9.17) is 0 Å². The normalized spacial score (nSPS) is 28.0. The van der Waals surface area contributed by atoms with Crippen molar-refractivity contribution in [3.8, 4) is 0 Å². The summed E-state index contributed by atoms with van der Waals surface area (Å²) in [6.07, 6.45) is 2.36. The first-order valence-corrected chi connectivity index (χ1v) is 10.6. The van der Waals surface area contributed by atoms with Gasteiger partial charge in [-0.2, -0.15) is 0 Å². The third kappa shape index (κ3) is 3.87. The second-order valence-corrected chi connectivity index (χ2v) is 10.7. The lowest BCUT2D eigenvalue weighted by atomic mass is 9.77. The molecule has 3 rings (SSSR count). The minimum atomic E-state index is -0.465. The third-order valence-electron chi connectivity index (χ3n) is 5.89. The van der Waals surface area contributed by atoms with Gasteiger partial charge in [0, 0.05) is 43.8 Å². The summed E-state index contributed by atoms with van der Waals surface area (Å²) >= 11 is 1.54. The van der Waals surface area contributed by atoms with E-state index in [0.29, 0.717) is 31.2 Å². The maximum atomic E-state index is 12.8. The molecule has 3 aliphatic heterocycles. The highest BCUT2D eigenvalue weighted by molar-refractivity contribution is 8.01. The zero-order valence-corrected chi connectivity index (χ0v) is 17.2. The van der Waals surface area contributed by atoms with Crippen LogP contribution in [0.4, 0.5) is 0 Å². The first kappa shape index (κ1) is 19.5. The first-order chi connectivity index (χ1) is 12.1. The van der Waals surface area contributed by atoms with Gasteiger partial charge >= 0.3 is 0 Å². The smallest absolute Gasteiger partial charge is 0.246 e. The number of nitrogens with one attached hydrogen (secondary N) is 1. The molecule has 3 amide bonds. The van der Waals surface area contributed by atoms with Crippen molar-refractivity contribution >= 4 is 29.5 Å². The van der Waals surface area contributed by atoms with Crippen LogP contribution in [-0.4, -0.2) is 70.2 Å². The number of hydrogen-bond donors (Lipinski definition) is 1. The second kappa shape index (κ2) is 7.06. The first-order valence-electron chi connectivity index (χ1n) is 9.63. The Balaban J connectivity index is 1.55. The molecule has 0 aromatic carbocycles. The van der Waals surface area contributed by atoms with E-state index in [2.05, 4.69) is 19.2 Å². The fraction of sp³-hybridized carbons (Fsp3) is 0.842. The van der Waals surface area contributed by atoms with Gasteiger partial charge in [0.2, 0.25) is 17.7 Å². The van der Waals surface area contributed by atoms with Crippen molar-refractivity contribution in [1.29, 1.82) is 0 Å². The van der Waals surface area contributed by atoms with Crippen LogP contribution in [0, 0.1) is 11.3 Å². The van der Waals surface area contributed by atoms with E-state index in [1.807, 2.05) is 23.6 Å². The Hall–Kier alpha value is -1.24. The summed E-state index contributed by atoms with van der Waals surface area (Å²) in [5.41, 5.74) is 0.0370. The van der Waals surface area contributed by atoms with Crippen molar-refractivity contribution in [2.45, 2.75) is 57.7 Å². The summed E-state index contributed by atoms with van der Waals surface area (Å²) < 4.78 is -0.465. The standard InChI is InChI=1S/C19H31N3O3S/c1-13(2)10-22-12-19(9-15(22)23)5-7-21(8-6-19)16(24)14-11-26-18(3,4)17(25)20-14/h13-14H,5-12H2,1-4H3,(H,20,25). The van der Waals surface area contributed by atoms with Crippen LogP contribution in [0.2, 0.25) is 0 Å². The highest BCUT2D eigenvalue weighted by Gasteiger charge is 2.46. The molecule has 0 saturated carbocycles. The van der Waals surface area contributed by atoms with Gasteiger partial charge in [-0.15, -0.1) is 11.8 Å². The van der Waals surface area contributed by atoms with Crippen molar-refractivity contribution in [2.24, 2.45) is 11.3 Å². The molecule has 3 fully saturated rings. The molecule has 0 aromatic rings. The monoisotopic (exact) mass is 381 g/mol. The summed E-state index contributed by atoms with van der Waals surface area (Å²) in [6, 6.07) is -0.419. The van der Waals surface area contributed by atoms with Gasteiger partial charge in [-0.25, -0.2) is 0 Å². The van der Waals surface area contributed by atoms with E-state index in [1.165, 1.54) is 0 Å². The molecule has 7 heteroatoms. The Morgan fingerprint density at radius 2 is 1.92 bits per heavy atom. The van der Waals surface area contributed by atoms with Gasteiger partial charge in [-0.05, 0) is 32.6 Å². The van der Waals surface area contributed by atoms with Crippen LogP contribution < -0.4 is 5.32 Å². The average Bonchev–Trinajstić information content (AvgIpc) is 2.85. The van der Waals surface area contributed by atoms with Crippen LogP contribution in [0.15, 0.2) is 0 Å². The minimum absolute atomic E-state index is 0.0274. The number of carbonyl (C=O) groups excluding carboxylic acids is 3. The van der Waals surface area contributed by atoms with Crippen molar-refractivity contribution in [3.63, 3.8) is 0 Å². The number of likely N-dealkylation sites (tertiary alicyclic amines) is 2. The number of thioether (sulfide) groups is 1. The van der Waals surface area contributed by atoms with Gasteiger partial charge in [0.1, 0.15) is 6.04 Å². The lowest BCUT2D eigenvalue weighted by Gasteiger charge is -2.41. The maximum Gasteiger partial charge on any atom is 0.246 e. The zero-order valence-electron chi connectivity index (χ0n) is 16.3. The molecular weight excluding hydrogens is 350 g/mol. The Morgan fingerprint density at radius 3 is 2.50 bits per heavy atom. The van der Waals surface area contributed by atoms with Crippen LogP contribution in [0.25, 0.3) is 0 Å². The van der Waals surface area contributed by atoms with Crippen LogP contribution in [-0.2, 0) is 14.4 Å². The van der Waals surface area contributed by atoms with Crippen LogP contribution in [0.1, 0.15) is 47.0 Å². The summed E-state index contributed by atoms with van der Waals surface area (Å²) in [4.78, 5) is 41.2. The number of nitrogens with zero attached hydrogens (tertiary/aromatic N) is 2. The molecule has 3 heterocycles. The lowest BCUT2D eigenvalue weighted by molar-refractivity contribution is -0.138. The van der Waals surface area contributed by atoms with Crippen LogP contribution >= 0.6 is 11.8 Å². The molecule has 1 atom stereocenters. The molecule has 6 nitrogen and oxygen atoms in total. The highest BCUT2D eigenvalue weighted by atomic mass is 32.2. The number of hydrogen-bond acceptors (Lipinski definition) is 4. The van der Waals surface area contributed by atoms with Gasteiger partial charge in [-0.3, -0.25) is 14.4 Å². The topological polar surface area (TPSA) is 69.7 Å². The number of piperidine rings is 1. The number of amides is 3. The lowest BCUT2D eigenvalue weighted by Crippen LogP contribution is -2.59. The zero-order chi connectivity index (χ0) is 19.1. The molecule has 0 aliphatic carbocycles. The van der Waals surface area contributed by atoms with E-state index in [-0.39, 0.29) is 23.1 Å². The molecule has 0 aromatic heterocycles. The molecule has 0 bridgehead atoms. The molecule has 1 unspecified atom stereocenters. The molecule has 146 valence electrons. The Morgan fingerprint density at radius 1 is 1.27 bits per heavy atom. The number of carbonyl (C=O) groups is 3. The second-order valence-electron chi connectivity index (χ2n) is 9.02. The third-order valence-corrected chi connectivity index (χ3v) is 7.29. The molecule has 0 radical (unpaired) electrons. The van der Waals surface area contributed by atoms with E-state index in [9.17, 15) is 14.4 Å². The summed E-state index contributed by atoms with van der Waals surface area (Å²) in [6.45, 7) is 11.1. The van der Waals surface area contributed by atoms with Crippen molar-refractivity contribution in [3.05, 3.63) is 0 Å².